The predicted molar refractivity (Wildman–Crippen MR) is 110 cm³/mol. The lowest BCUT2D eigenvalue weighted by Gasteiger charge is -2.19. The Labute approximate surface area is 160 Å². The van der Waals surface area contributed by atoms with Crippen LogP contribution in [0.1, 0.15) is 24.0 Å². The summed E-state index contributed by atoms with van der Waals surface area (Å²) in [6.07, 6.45) is 3.49. The van der Waals surface area contributed by atoms with Gasteiger partial charge in [-0.2, -0.15) is 11.3 Å². The SMILES string of the molecule is CN1CCC[C@@H]1COc1ccc(Cc2ccc(-c3ccsc3)cc2)cc1. The van der Waals surface area contributed by atoms with Crippen molar-refractivity contribution in [2.24, 2.45) is 0 Å². The van der Waals surface area contributed by atoms with Crippen molar-refractivity contribution in [3.8, 4) is 16.9 Å². The van der Waals surface area contributed by atoms with E-state index in [1.54, 1.807) is 11.3 Å². The average molecular weight is 364 g/mol. The molecule has 134 valence electrons. The zero-order valence-corrected chi connectivity index (χ0v) is 16.0. The zero-order chi connectivity index (χ0) is 17.8. The van der Waals surface area contributed by atoms with Crippen LogP contribution in [0.5, 0.6) is 5.75 Å². The fraction of sp³-hybridized carbons (Fsp3) is 0.304. The second kappa shape index (κ2) is 8.07. The van der Waals surface area contributed by atoms with Crippen LogP contribution in [0.2, 0.25) is 0 Å². The molecule has 1 saturated heterocycles. The maximum atomic E-state index is 5.98. The molecule has 1 aliphatic rings. The van der Waals surface area contributed by atoms with Gasteiger partial charge in [-0.15, -0.1) is 0 Å². The Morgan fingerprint density at radius 1 is 0.962 bits per heavy atom. The van der Waals surface area contributed by atoms with E-state index >= 15 is 0 Å². The molecule has 1 aromatic heterocycles. The van der Waals surface area contributed by atoms with E-state index in [0.29, 0.717) is 6.04 Å². The lowest BCUT2D eigenvalue weighted by atomic mass is 10.0. The largest absolute Gasteiger partial charge is 0.492 e. The first-order valence-corrected chi connectivity index (χ1v) is 10.3. The first-order valence-electron chi connectivity index (χ1n) is 9.31. The molecule has 1 atom stereocenters. The number of likely N-dealkylation sites (tertiary alicyclic amines) is 1. The van der Waals surface area contributed by atoms with Crippen molar-refractivity contribution >= 4 is 11.3 Å². The van der Waals surface area contributed by atoms with Gasteiger partial charge in [-0.3, -0.25) is 0 Å². The van der Waals surface area contributed by atoms with Crippen LogP contribution >= 0.6 is 11.3 Å². The molecule has 0 saturated carbocycles. The van der Waals surface area contributed by atoms with E-state index in [2.05, 4.69) is 77.3 Å². The third kappa shape index (κ3) is 4.17. The Bertz CT molecular complexity index is 808. The molecular weight excluding hydrogens is 338 g/mol. The van der Waals surface area contributed by atoms with Gasteiger partial charge in [0.15, 0.2) is 0 Å². The average Bonchev–Trinajstić information content (AvgIpc) is 3.34. The van der Waals surface area contributed by atoms with Crippen LogP contribution in [0, 0.1) is 0 Å². The summed E-state index contributed by atoms with van der Waals surface area (Å²) < 4.78 is 5.98. The van der Waals surface area contributed by atoms with Crippen molar-refractivity contribution in [1.29, 1.82) is 0 Å². The van der Waals surface area contributed by atoms with Crippen LogP contribution in [-0.2, 0) is 6.42 Å². The minimum Gasteiger partial charge on any atom is -0.492 e. The standard InChI is InChI=1S/C23H25NOS/c1-24-13-2-3-22(24)16-25-23-10-6-19(7-11-23)15-18-4-8-20(9-5-18)21-12-14-26-17-21/h4-12,14,17,22H,2-3,13,15-16H2,1H3/t22-/m1/s1. The molecule has 3 aromatic rings. The van der Waals surface area contributed by atoms with E-state index in [1.165, 1.54) is 41.6 Å². The molecule has 2 heterocycles. The molecule has 1 aliphatic heterocycles. The maximum Gasteiger partial charge on any atom is 0.119 e. The van der Waals surface area contributed by atoms with Crippen molar-refractivity contribution in [2.45, 2.75) is 25.3 Å². The van der Waals surface area contributed by atoms with Crippen LogP contribution < -0.4 is 4.74 Å². The predicted octanol–water partition coefficient (Wildman–Crippen LogP) is 5.48. The molecule has 4 rings (SSSR count). The normalized spacial score (nSPS) is 17.5. The summed E-state index contributed by atoms with van der Waals surface area (Å²) >= 11 is 1.74. The molecule has 0 radical (unpaired) electrons. The third-order valence-corrected chi connectivity index (χ3v) is 5.94. The first-order chi connectivity index (χ1) is 12.8. The number of thiophene rings is 1. The van der Waals surface area contributed by atoms with Gasteiger partial charge in [-0.1, -0.05) is 36.4 Å². The summed E-state index contributed by atoms with van der Waals surface area (Å²) in [6, 6.07) is 20.2. The molecule has 0 spiro atoms. The highest BCUT2D eigenvalue weighted by atomic mass is 32.1. The Kier molecular flexibility index (Phi) is 5.37. The van der Waals surface area contributed by atoms with Crippen LogP contribution in [0.15, 0.2) is 65.4 Å². The zero-order valence-electron chi connectivity index (χ0n) is 15.2. The molecule has 0 bridgehead atoms. The number of benzene rings is 2. The summed E-state index contributed by atoms with van der Waals surface area (Å²) in [5, 5.41) is 4.31. The molecule has 0 N–H and O–H groups in total. The molecule has 0 unspecified atom stereocenters. The van der Waals surface area contributed by atoms with Crippen LogP contribution in [0.4, 0.5) is 0 Å². The van der Waals surface area contributed by atoms with Gasteiger partial charge in [0, 0.05) is 6.04 Å². The summed E-state index contributed by atoms with van der Waals surface area (Å²) in [5.41, 5.74) is 5.25. The van der Waals surface area contributed by atoms with Gasteiger partial charge in [-0.05, 0) is 84.1 Å². The highest BCUT2D eigenvalue weighted by Gasteiger charge is 2.21. The van der Waals surface area contributed by atoms with Gasteiger partial charge in [0.2, 0.25) is 0 Å². The first kappa shape index (κ1) is 17.3. The number of hydrogen-bond acceptors (Lipinski definition) is 3. The fourth-order valence-electron chi connectivity index (χ4n) is 3.57. The second-order valence-electron chi connectivity index (χ2n) is 7.12. The van der Waals surface area contributed by atoms with E-state index in [-0.39, 0.29) is 0 Å². The lowest BCUT2D eigenvalue weighted by molar-refractivity contribution is 0.198. The van der Waals surface area contributed by atoms with E-state index in [1.807, 2.05) is 0 Å². The molecular formula is C23H25NOS. The lowest BCUT2D eigenvalue weighted by Crippen LogP contribution is -2.30. The topological polar surface area (TPSA) is 12.5 Å². The smallest absolute Gasteiger partial charge is 0.119 e. The third-order valence-electron chi connectivity index (χ3n) is 5.25. The number of nitrogens with zero attached hydrogens (tertiary/aromatic N) is 1. The van der Waals surface area contributed by atoms with Gasteiger partial charge in [0.25, 0.3) is 0 Å². The van der Waals surface area contributed by atoms with E-state index < -0.39 is 0 Å². The van der Waals surface area contributed by atoms with E-state index in [4.69, 9.17) is 4.74 Å². The quantitative estimate of drug-likeness (QED) is 0.575. The molecule has 3 heteroatoms. The van der Waals surface area contributed by atoms with E-state index in [0.717, 1.165) is 18.8 Å². The van der Waals surface area contributed by atoms with Gasteiger partial charge in [0.05, 0.1) is 0 Å². The molecule has 0 aliphatic carbocycles. The summed E-state index contributed by atoms with van der Waals surface area (Å²) in [4.78, 5) is 2.40. The Morgan fingerprint density at radius 3 is 2.31 bits per heavy atom. The molecule has 26 heavy (non-hydrogen) atoms. The van der Waals surface area contributed by atoms with Crippen molar-refractivity contribution in [2.75, 3.05) is 20.2 Å². The summed E-state index contributed by atoms with van der Waals surface area (Å²) in [5.74, 6) is 0.974. The molecule has 0 amide bonds. The van der Waals surface area contributed by atoms with E-state index in [9.17, 15) is 0 Å². The maximum absolute atomic E-state index is 5.98. The summed E-state index contributed by atoms with van der Waals surface area (Å²) in [7, 11) is 2.19. The van der Waals surface area contributed by atoms with Crippen molar-refractivity contribution in [3.63, 3.8) is 0 Å². The number of likely N-dealkylation sites (N-methyl/N-ethyl adjacent to an activating group) is 1. The Balaban J connectivity index is 1.33. The monoisotopic (exact) mass is 363 g/mol. The Hall–Kier alpha value is -2.10. The second-order valence-corrected chi connectivity index (χ2v) is 7.90. The van der Waals surface area contributed by atoms with Crippen molar-refractivity contribution in [3.05, 3.63) is 76.5 Å². The van der Waals surface area contributed by atoms with Gasteiger partial charge in [-0.25, -0.2) is 0 Å². The highest BCUT2D eigenvalue weighted by Crippen LogP contribution is 2.23. The minimum atomic E-state index is 0.566. The van der Waals surface area contributed by atoms with Crippen molar-refractivity contribution in [1.82, 2.24) is 4.90 Å². The number of hydrogen-bond donors (Lipinski definition) is 0. The van der Waals surface area contributed by atoms with Crippen molar-refractivity contribution < 1.29 is 4.74 Å². The minimum absolute atomic E-state index is 0.566. The van der Waals surface area contributed by atoms with Gasteiger partial charge < -0.3 is 9.64 Å². The Morgan fingerprint density at radius 2 is 1.69 bits per heavy atom. The highest BCUT2D eigenvalue weighted by molar-refractivity contribution is 7.08. The molecule has 2 aromatic carbocycles. The van der Waals surface area contributed by atoms with Crippen LogP contribution in [-0.4, -0.2) is 31.1 Å². The fourth-order valence-corrected chi connectivity index (χ4v) is 4.23. The van der Waals surface area contributed by atoms with Crippen LogP contribution in [0.3, 0.4) is 0 Å². The molecule has 2 nitrogen and oxygen atoms in total. The van der Waals surface area contributed by atoms with Gasteiger partial charge in [0.1, 0.15) is 12.4 Å². The van der Waals surface area contributed by atoms with Crippen LogP contribution in [0.25, 0.3) is 11.1 Å². The molecule has 1 fully saturated rings. The summed E-state index contributed by atoms with van der Waals surface area (Å²) in [6.45, 7) is 1.98. The number of rotatable bonds is 6. The van der Waals surface area contributed by atoms with Gasteiger partial charge >= 0.3 is 0 Å². The number of ether oxygens (including phenoxy) is 1.